The molecule has 0 atom stereocenters. The van der Waals surface area contributed by atoms with E-state index in [0.717, 1.165) is 37.6 Å². The van der Waals surface area contributed by atoms with Gasteiger partial charge in [0, 0.05) is 43.1 Å². The van der Waals surface area contributed by atoms with Crippen molar-refractivity contribution >= 4 is 22.4 Å². The maximum absolute atomic E-state index is 12.7. The summed E-state index contributed by atoms with van der Waals surface area (Å²) in [5.74, 6) is 0.0419. The summed E-state index contributed by atoms with van der Waals surface area (Å²) in [5, 5.41) is 6.87. The number of hydrogen-bond donors (Lipinski definition) is 0. The quantitative estimate of drug-likeness (QED) is 0.473. The molecule has 1 fully saturated rings. The summed E-state index contributed by atoms with van der Waals surface area (Å²) in [5.41, 5.74) is 5.56. The monoisotopic (exact) mass is 424 g/mol. The molecule has 0 spiro atoms. The molecule has 32 heavy (non-hydrogen) atoms. The van der Waals surface area contributed by atoms with Gasteiger partial charge in [0.2, 0.25) is 0 Å². The normalized spacial score (nSPS) is 14.8. The van der Waals surface area contributed by atoms with Gasteiger partial charge >= 0.3 is 0 Å². The molecule has 0 aliphatic carbocycles. The van der Waals surface area contributed by atoms with Gasteiger partial charge < -0.3 is 4.90 Å². The zero-order chi connectivity index (χ0) is 22.1. The van der Waals surface area contributed by atoms with Crippen LogP contribution in [0.5, 0.6) is 0 Å². The highest BCUT2D eigenvalue weighted by atomic mass is 16.2. The van der Waals surface area contributed by atoms with Crippen LogP contribution in [0.15, 0.2) is 72.8 Å². The topological polar surface area (TPSA) is 41.4 Å². The molecule has 5 heteroatoms. The molecule has 1 aliphatic rings. The first kappa shape index (κ1) is 20.5. The Bertz CT molecular complexity index is 1260. The van der Waals surface area contributed by atoms with Crippen LogP contribution >= 0.6 is 0 Å². The van der Waals surface area contributed by atoms with E-state index in [1.54, 1.807) is 0 Å². The Balaban J connectivity index is 1.34. The minimum absolute atomic E-state index is 0.0419. The van der Waals surface area contributed by atoms with Crippen LogP contribution in [0.3, 0.4) is 0 Å². The Kier molecular flexibility index (Phi) is 5.50. The summed E-state index contributed by atoms with van der Waals surface area (Å²) in [6.45, 7) is 7.76. The highest BCUT2D eigenvalue weighted by molar-refractivity contribution is 5.99. The van der Waals surface area contributed by atoms with E-state index < -0.39 is 0 Å². The second-order valence-electron chi connectivity index (χ2n) is 8.54. The number of anilines is 1. The molecule has 0 bridgehead atoms. The summed E-state index contributed by atoms with van der Waals surface area (Å²) < 4.78 is 1.54. The number of piperazine rings is 1. The van der Waals surface area contributed by atoms with Crippen LogP contribution in [-0.2, 0) is 0 Å². The largest absolute Gasteiger partial charge is 0.368 e. The van der Waals surface area contributed by atoms with E-state index in [4.69, 9.17) is 0 Å². The third-order valence-electron chi connectivity index (χ3n) is 6.30. The van der Waals surface area contributed by atoms with Crippen LogP contribution in [-0.4, -0.2) is 53.3 Å². The zero-order valence-corrected chi connectivity index (χ0v) is 18.7. The van der Waals surface area contributed by atoms with Crippen molar-refractivity contribution in [2.75, 3.05) is 37.6 Å². The van der Waals surface area contributed by atoms with E-state index >= 15 is 0 Å². The van der Waals surface area contributed by atoms with Gasteiger partial charge in [-0.2, -0.15) is 5.10 Å². The number of carbonyl (C=O) groups excluding carboxylic acids is 1. The van der Waals surface area contributed by atoms with Crippen molar-refractivity contribution in [3.8, 4) is 11.1 Å². The van der Waals surface area contributed by atoms with Gasteiger partial charge in [0.15, 0.2) is 0 Å². The summed E-state index contributed by atoms with van der Waals surface area (Å²) in [4.78, 5) is 17.4. The van der Waals surface area contributed by atoms with Crippen molar-refractivity contribution in [3.05, 3.63) is 84.2 Å². The SMILES string of the molecule is Cc1cc(C)n(C(=O)CN2CCN(c3ccccc3-c3cccc4ccccc34)CC2)n1. The fraction of sp³-hybridized carbons (Fsp3) is 0.259. The molecule has 3 aromatic carbocycles. The molecular formula is C27H28N4O. The molecule has 5 nitrogen and oxygen atoms in total. The molecule has 4 aromatic rings. The van der Waals surface area contributed by atoms with Crippen LogP contribution in [0.25, 0.3) is 21.9 Å². The lowest BCUT2D eigenvalue weighted by Crippen LogP contribution is -2.48. The number of hydrogen-bond acceptors (Lipinski definition) is 4. The van der Waals surface area contributed by atoms with Crippen LogP contribution < -0.4 is 4.90 Å². The first-order chi connectivity index (χ1) is 15.6. The number of fused-ring (bicyclic) bond motifs is 1. The van der Waals surface area contributed by atoms with Gasteiger partial charge in [0.05, 0.1) is 12.2 Å². The number of nitrogens with zero attached hydrogens (tertiary/aromatic N) is 4. The molecule has 0 unspecified atom stereocenters. The zero-order valence-electron chi connectivity index (χ0n) is 18.7. The second-order valence-corrected chi connectivity index (χ2v) is 8.54. The predicted octanol–water partition coefficient (Wildman–Crippen LogP) is 4.78. The minimum Gasteiger partial charge on any atom is -0.368 e. The average Bonchev–Trinajstić information content (AvgIpc) is 3.17. The molecule has 0 saturated carbocycles. The number of para-hydroxylation sites is 1. The molecule has 0 amide bonds. The van der Waals surface area contributed by atoms with E-state index in [2.05, 4.69) is 81.6 Å². The van der Waals surface area contributed by atoms with Crippen molar-refractivity contribution < 1.29 is 4.79 Å². The summed E-state index contributed by atoms with van der Waals surface area (Å²) in [6, 6.07) is 25.7. The Labute approximate surface area is 188 Å². The number of benzene rings is 3. The van der Waals surface area contributed by atoms with Crippen LogP contribution in [0.1, 0.15) is 16.2 Å². The minimum atomic E-state index is 0.0419. The lowest BCUT2D eigenvalue weighted by Gasteiger charge is -2.36. The van der Waals surface area contributed by atoms with Crippen LogP contribution in [0.2, 0.25) is 0 Å². The molecule has 1 saturated heterocycles. The Hall–Kier alpha value is -3.44. The van der Waals surface area contributed by atoms with Gasteiger partial charge in [0.1, 0.15) is 0 Å². The number of rotatable bonds is 4. The summed E-state index contributed by atoms with van der Waals surface area (Å²) in [7, 11) is 0. The van der Waals surface area contributed by atoms with Crippen molar-refractivity contribution in [2.45, 2.75) is 13.8 Å². The van der Waals surface area contributed by atoms with Crippen LogP contribution in [0, 0.1) is 13.8 Å². The van der Waals surface area contributed by atoms with Gasteiger partial charge in [-0.1, -0.05) is 60.7 Å². The Morgan fingerprint density at radius 1 is 0.844 bits per heavy atom. The van der Waals surface area contributed by atoms with Crippen LogP contribution in [0.4, 0.5) is 5.69 Å². The molecule has 0 radical (unpaired) electrons. The maximum Gasteiger partial charge on any atom is 0.261 e. The number of carbonyl (C=O) groups is 1. The molecule has 5 rings (SSSR count). The molecule has 0 N–H and O–H groups in total. The van der Waals surface area contributed by atoms with Gasteiger partial charge in [-0.25, -0.2) is 4.68 Å². The van der Waals surface area contributed by atoms with Gasteiger partial charge in [-0.05, 0) is 42.3 Å². The van der Waals surface area contributed by atoms with E-state index in [1.807, 2.05) is 19.9 Å². The van der Waals surface area contributed by atoms with Gasteiger partial charge in [0.25, 0.3) is 5.91 Å². The fourth-order valence-electron chi connectivity index (χ4n) is 4.72. The highest BCUT2D eigenvalue weighted by Crippen LogP contribution is 2.35. The summed E-state index contributed by atoms with van der Waals surface area (Å²) in [6.07, 6.45) is 0. The third kappa shape index (κ3) is 3.92. The number of aromatic nitrogens is 2. The molecule has 1 aromatic heterocycles. The standard InChI is InChI=1S/C27H28N4O/c1-20-18-21(2)31(28-20)27(32)19-29-14-16-30(17-15-29)26-13-6-5-11-25(26)24-12-7-9-22-8-3-4-10-23(22)24/h3-13,18H,14-17,19H2,1-2H3. The van der Waals surface area contributed by atoms with Crippen molar-refractivity contribution in [1.82, 2.24) is 14.7 Å². The Morgan fingerprint density at radius 3 is 2.31 bits per heavy atom. The van der Waals surface area contributed by atoms with Gasteiger partial charge in [-0.3, -0.25) is 9.69 Å². The molecule has 2 heterocycles. The Morgan fingerprint density at radius 2 is 1.53 bits per heavy atom. The lowest BCUT2D eigenvalue weighted by molar-refractivity contribution is 0.0824. The highest BCUT2D eigenvalue weighted by Gasteiger charge is 2.22. The summed E-state index contributed by atoms with van der Waals surface area (Å²) >= 11 is 0. The smallest absolute Gasteiger partial charge is 0.261 e. The lowest BCUT2D eigenvalue weighted by atomic mass is 9.96. The average molecular weight is 425 g/mol. The first-order valence-electron chi connectivity index (χ1n) is 11.2. The molecular weight excluding hydrogens is 396 g/mol. The number of aryl methyl sites for hydroxylation is 2. The fourth-order valence-corrected chi connectivity index (χ4v) is 4.72. The van der Waals surface area contributed by atoms with Crippen molar-refractivity contribution in [1.29, 1.82) is 0 Å². The first-order valence-corrected chi connectivity index (χ1v) is 11.2. The van der Waals surface area contributed by atoms with Gasteiger partial charge in [-0.15, -0.1) is 0 Å². The molecule has 1 aliphatic heterocycles. The second kappa shape index (κ2) is 8.60. The predicted molar refractivity (Wildman–Crippen MR) is 130 cm³/mol. The van der Waals surface area contributed by atoms with E-state index in [-0.39, 0.29) is 5.91 Å². The van der Waals surface area contributed by atoms with Crippen molar-refractivity contribution in [2.24, 2.45) is 0 Å². The van der Waals surface area contributed by atoms with E-state index in [9.17, 15) is 4.79 Å². The van der Waals surface area contributed by atoms with E-state index in [0.29, 0.717) is 6.54 Å². The van der Waals surface area contributed by atoms with E-state index in [1.165, 1.54) is 32.3 Å². The third-order valence-corrected chi connectivity index (χ3v) is 6.30. The van der Waals surface area contributed by atoms with Crippen molar-refractivity contribution in [3.63, 3.8) is 0 Å². The maximum atomic E-state index is 12.7. The molecule has 162 valence electrons.